The van der Waals surface area contributed by atoms with E-state index in [1.54, 1.807) is 0 Å². The van der Waals surface area contributed by atoms with Gasteiger partial charge < -0.3 is 34.2 Å². The summed E-state index contributed by atoms with van der Waals surface area (Å²) in [6, 6.07) is 0. The molecular formula is C99H170O16P2. The Labute approximate surface area is 714 Å². The Kier molecular flexibility index (Phi) is 86.7. The molecule has 0 radical (unpaired) electrons. The fourth-order valence-electron chi connectivity index (χ4n) is 12.6. The number of esters is 3. The predicted octanol–water partition coefficient (Wildman–Crippen LogP) is 28.9. The number of unbranched alkanes of at least 4 members (excludes halogenated alkanes) is 39. The van der Waals surface area contributed by atoms with Gasteiger partial charge in [0.1, 0.15) is 25.4 Å². The van der Waals surface area contributed by atoms with Crippen molar-refractivity contribution in [3.8, 4) is 0 Å². The summed E-state index contributed by atoms with van der Waals surface area (Å²) in [5.74, 6) is -1.58. The van der Waals surface area contributed by atoms with Crippen LogP contribution in [0.3, 0.4) is 0 Å². The number of ether oxygens (including phenoxy) is 3. The van der Waals surface area contributed by atoms with Gasteiger partial charge in [0, 0.05) is 19.3 Å². The Balaban J connectivity index is 4.62. The van der Waals surface area contributed by atoms with Gasteiger partial charge in [-0.3, -0.25) is 32.5 Å². The number of aliphatic hydroxyl groups is 2. The number of allylic oxidation sites excluding steroid dienone is 26. The molecule has 0 heterocycles. The van der Waals surface area contributed by atoms with Crippen LogP contribution in [0.25, 0.3) is 0 Å². The molecule has 117 heavy (non-hydrogen) atoms. The van der Waals surface area contributed by atoms with Gasteiger partial charge in [-0.25, -0.2) is 9.13 Å². The van der Waals surface area contributed by atoms with E-state index >= 15 is 0 Å². The maximum atomic E-state index is 13.1. The molecule has 0 aromatic carbocycles. The molecule has 0 bridgehead atoms. The third-order valence-electron chi connectivity index (χ3n) is 19.7. The van der Waals surface area contributed by atoms with Crippen LogP contribution in [0.5, 0.6) is 0 Å². The van der Waals surface area contributed by atoms with Gasteiger partial charge in [-0.1, -0.05) is 378 Å². The second-order valence-electron chi connectivity index (χ2n) is 31.1. The zero-order chi connectivity index (χ0) is 85.1. The number of rotatable bonds is 88. The van der Waals surface area contributed by atoms with Gasteiger partial charge in [-0.05, 0) is 154 Å². The van der Waals surface area contributed by atoms with E-state index in [2.05, 4.69) is 179 Å². The van der Waals surface area contributed by atoms with E-state index in [0.717, 1.165) is 167 Å². The molecule has 18 heteroatoms. The lowest BCUT2D eigenvalue weighted by Gasteiger charge is -2.21. The van der Waals surface area contributed by atoms with Crippen LogP contribution in [0, 0.1) is 0 Å². The smallest absolute Gasteiger partial charge is 0.463 e. The van der Waals surface area contributed by atoms with Gasteiger partial charge in [0.2, 0.25) is 0 Å². The first-order chi connectivity index (χ1) is 57.2. The highest BCUT2D eigenvalue weighted by Crippen LogP contribution is 2.45. The molecule has 0 aliphatic carbocycles. The van der Waals surface area contributed by atoms with E-state index in [-0.39, 0.29) is 19.3 Å². The normalized spacial score (nSPS) is 14.5. The Bertz CT molecular complexity index is 2760. The standard InChI is InChI=1S/C99H170O16P2/c1-4-7-10-13-16-19-22-25-28-31-34-37-40-42-44-45-46-47-49-51-53-55-58-61-64-67-70-73-76-79-82-85-97(102)109-88-94(100)89-111-116(105,106)112-90-95(101)91-113-117(107,108)114-93-96(115-99(104)87-84-81-78-75-72-69-66-63-60-57-52-39-36-33-30-27-24-21-18-15-12-9-6-3)92-110-98(103)86-83-80-77-74-71-68-65-62-59-56-54-50-48-43-41-38-35-32-29-26-23-20-17-14-11-8-5-2/h8,11,16-21,25-30,34-39,42-44,48,57,60,94-96,100-101H,4-7,9-10,12-15,22-24,31-33,40-41,45-47,49-56,58-59,61-93H2,1-3H3,(H,105,106)(H,107,108)/b11-8-,19-16-,20-17-,21-18-,28-25-,29-26-,30-27-,37-34-,38-35-,39-36-,44-42-,48-43-,60-57-. The second kappa shape index (κ2) is 90.4. The van der Waals surface area contributed by atoms with Crippen molar-refractivity contribution in [2.24, 2.45) is 0 Å². The molecule has 0 aliphatic heterocycles. The van der Waals surface area contributed by atoms with Crippen LogP contribution in [0.2, 0.25) is 0 Å². The lowest BCUT2D eigenvalue weighted by atomic mass is 10.0. The molecule has 672 valence electrons. The number of aliphatic hydroxyl groups excluding tert-OH is 2. The minimum Gasteiger partial charge on any atom is -0.463 e. The van der Waals surface area contributed by atoms with Crippen LogP contribution in [-0.2, 0) is 55.8 Å². The van der Waals surface area contributed by atoms with Crippen molar-refractivity contribution in [3.63, 3.8) is 0 Å². The maximum Gasteiger partial charge on any atom is 0.472 e. The van der Waals surface area contributed by atoms with Gasteiger partial charge >= 0.3 is 33.6 Å². The van der Waals surface area contributed by atoms with Crippen molar-refractivity contribution >= 4 is 33.6 Å². The van der Waals surface area contributed by atoms with Crippen LogP contribution in [-0.4, -0.2) is 95.9 Å². The third-order valence-corrected chi connectivity index (χ3v) is 21.6. The van der Waals surface area contributed by atoms with Gasteiger partial charge in [-0.15, -0.1) is 0 Å². The molecule has 0 saturated heterocycles. The Morgan fingerprint density at radius 3 is 0.718 bits per heavy atom. The van der Waals surface area contributed by atoms with E-state index in [9.17, 15) is 43.5 Å². The summed E-state index contributed by atoms with van der Waals surface area (Å²) >= 11 is 0. The number of phosphoric acid groups is 2. The monoisotopic (exact) mass is 1680 g/mol. The Morgan fingerprint density at radius 2 is 0.453 bits per heavy atom. The average molecular weight is 1680 g/mol. The lowest BCUT2D eigenvalue weighted by Crippen LogP contribution is -2.30. The van der Waals surface area contributed by atoms with E-state index in [4.69, 9.17) is 32.3 Å². The van der Waals surface area contributed by atoms with Crippen molar-refractivity contribution in [1.29, 1.82) is 0 Å². The average Bonchev–Trinajstić information content (AvgIpc) is 1.07. The molecule has 0 amide bonds. The summed E-state index contributed by atoms with van der Waals surface area (Å²) in [5, 5.41) is 20.7. The molecule has 0 aromatic rings. The first-order valence-corrected chi connectivity index (χ1v) is 49.8. The molecule has 5 atom stereocenters. The minimum atomic E-state index is -4.95. The molecular weight excluding hydrogens is 1510 g/mol. The van der Waals surface area contributed by atoms with Crippen LogP contribution in [0.4, 0.5) is 0 Å². The highest BCUT2D eigenvalue weighted by molar-refractivity contribution is 7.47. The number of hydrogen-bond donors (Lipinski definition) is 4. The fraction of sp³-hybridized carbons (Fsp3) is 0.707. The molecule has 0 rings (SSSR count). The number of carbonyl (C=O) groups is 3. The number of phosphoric ester groups is 2. The zero-order valence-corrected chi connectivity index (χ0v) is 75.9. The number of carbonyl (C=O) groups excluding carboxylic acids is 3. The summed E-state index contributed by atoms with van der Waals surface area (Å²) in [6.07, 6.45) is 116. The van der Waals surface area contributed by atoms with Crippen molar-refractivity contribution in [1.82, 2.24) is 0 Å². The number of hydrogen-bond acceptors (Lipinski definition) is 14. The van der Waals surface area contributed by atoms with Crippen LogP contribution in [0.1, 0.15) is 393 Å². The zero-order valence-electron chi connectivity index (χ0n) is 74.1. The minimum absolute atomic E-state index is 0.0880. The molecule has 0 aliphatic rings. The van der Waals surface area contributed by atoms with Crippen LogP contribution in [0.15, 0.2) is 158 Å². The summed E-state index contributed by atoms with van der Waals surface area (Å²) in [4.78, 5) is 59.0. The summed E-state index contributed by atoms with van der Waals surface area (Å²) in [7, 11) is -9.82. The third kappa shape index (κ3) is 91.7. The highest BCUT2D eigenvalue weighted by Gasteiger charge is 2.29. The molecule has 0 saturated carbocycles. The maximum absolute atomic E-state index is 13.1. The van der Waals surface area contributed by atoms with Gasteiger partial charge in [0.15, 0.2) is 6.10 Å². The van der Waals surface area contributed by atoms with E-state index in [1.165, 1.54) is 167 Å². The van der Waals surface area contributed by atoms with E-state index in [0.29, 0.717) is 19.3 Å². The van der Waals surface area contributed by atoms with Gasteiger partial charge in [-0.2, -0.15) is 0 Å². The first kappa shape index (κ1) is 112. The molecule has 5 unspecified atom stereocenters. The van der Waals surface area contributed by atoms with E-state index in [1.807, 2.05) is 0 Å². The highest BCUT2D eigenvalue weighted by atomic mass is 31.2. The van der Waals surface area contributed by atoms with Crippen molar-refractivity contribution in [3.05, 3.63) is 158 Å². The van der Waals surface area contributed by atoms with Crippen LogP contribution < -0.4 is 0 Å². The summed E-state index contributed by atoms with van der Waals surface area (Å²) in [6.45, 7) is 2.55. The lowest BCUT2D eigenvalue weighted by molar-refractivity contribution is -0.161. The topological polar surface area (TPSA) is 231 Å². The molecule has 0 aromatic heterocycles. The molecule has 4 N–H and O–H groups in total. The van der Waals surface area contributed by atoms with Crippen molar-refractivity contribution in [2.75, 3.05) is 39.6 Å². The largest absolute Gasteiger partial charge is 0.472 e. The predicted molar refractivity (Wildman–Crippen MR) is 491 cm³/mol. The SMILES string of the molecule is CC/C=C\C/C=C\C/C=C\C/C=C\C/C=C\CCCCCCCCCCCCCC(=O)OCC(COP(=O)(O)OCC(O)COP(=O)(O)OCC(O)COC(=O)CCCCCCCCCCCCCCCCC/C=C\C/C=C\C/C=C\C/C=C\CCCCC)OC(=O)CCCCCCCCC/C=C\C/C=C\C/C=C\C/C=C\CCCCC. The van der Waals surface area contributed by atoms with Crippen molar-refractivity contribution < 1.29 is 75.8 Å². The Morgan fingerprint density at radius 1 is 0.248 bits per heavy atom. The second-order valence-corrected chi connectivity index (χ2v) is 34.0. The molecule has 0 spiro atoms. The van der Waals surface area contributed by atoms with Gasteiger partial charge in [0.05, 0.1) is 26.4 Å². The van der Waals surface area contributed by atoms with Crippen molar-refractivity contribution in [2.45, 2.75) is 411 Å². The first-order valence-electron chi connectivity index (χ1n) is 46.8. The quantitative estimate of drug-likeness (QED) is 0.0146. The summed E-state index contributed by atoms with van der Waals surface area (Å²) < 4.78 is 61.5. The van der Waals surface area contributed by atoms with Crippen LogP contribution >= 0.6 is 15.6 Å². The van der Waals surface area contributed by atoms with E-state index < -0.39 is 91.5 Å². The fourth-order valence-corrected chi connectivity index (χ4v) is 14.2. The summed E-state index contributed by atoms with van der Waals surface area (Å²) in [5.41, 5.74) is 0. The Hall–Kier alpha value is -4.83. The molecule has 0 fully saturated rings. The molecule has 16 nitrogen and oxygen atoms in total. The van der Waals surface area contributed by atoms with Gasteiger partial charge in [0.25, 0.3) is 0 Å².